The highest BCUT2D eigenvalue weighted by Gasteiger charge is 2.09. The Morgan fingerprint density at radius 1 is 1.15 bits per heavy atom. The average Bonchev–Trinajstić information content (AvgIpc) is 2.68. The van der Waals surface area contributed by atoms with Crippen molar-refractivity contribution in [1.82, 2.24) is 4.90 Å². The summed E-state index contributed by atoms with van der Waals surface area (Å²) in [5.41, 5.74) is 1.38. The molecular formula is C21H23NO4. The second-order valence-electron chi connectivity index (χ2n) is 6.12. The minimum absolute atomic E-state index is 0.0860. The number of carbonyl (C=O) groups excluding carboxylic acids is 1. The minimum Gasteiger partial charge on any atom is -0.508 e. The molecule has 0 radical (unpaired) electrons. The van der Waals surface area contributed by atoms with Crippen molar-refractivity contribution in [2.45, 2.75) is 0 Å². The van der Waals surface area contributed by atoms with Crippen LogP contribution < -0.4 is 4.74 Å². The molecule has 1 N–H and O–H groups in total. The molecule has 0 aliphatic carbocycles. The Labute approximate surface area is 153 Å². The van der Waals surface area contributed by atoms with E-state index >= 15 is 0 Å². The second-order valence-corrected chi connectivity index (χ2v) is 6.12. The summed E-state index contributed by atoms with van der Waals surface area (Å²) in [7, 11) is 0. The van der Waals surface area contributed by atoms with E-state index in [1.165, 1.54) is 18.2 Å². The first-order chi connectivity index (χ1) is 12.7. The van der Waals surface area contributed by atoms with Crippen LogP contribution in [-0.4, -0.2) is 55.2 Å². The van der Waals surface area contributed by atoms with Crippen molar-refractivity contribution in [1.29, 1.82) is 0 Å². The summed E-state index contributed by atoms with van der Waals surface area (Å²) in [6.45, 7) is 5.04. The largest absolute Gasteiger partial charge is 0.508 e. The zero-order chi connectivity index (χ0) is 18.2. The van der Waals surface area contributed by atoms with Gasteiger partial charge in [0.15, 0.2) is 5.78 Å². The van der Waals surface area contributed by atoms with Crippen LogP contribution in [0.2, 0.25) is 0 Å². The van der Waals surface area contributed by atoms with E-state index in [1.54, 1.807) is 18.2 Å². The maximum Gasteiger partial charge on any atom is 0.185 e. The molecule has 1 heterocycles. The van der Waals surface area contributed by atoms with Gasteiger partial charge in [0, 0.05) is 25.2 Å². The Hall–Kier alpha value is -2.63. The van der Waals surface area contributed by atoms with Gasteiger partial charge in [0.05, 0.1) is 13.2 Å². The van der Waals surface area contributed by atoms with E-state index in [9.17, 15) is 9.90 Å². The van der Waals surface area contributed by atoms with Crippen molar-refractivity contribution in [3.05, 3.63) is 65.7 Å². The lowest BCUT2D eigenvalue weighted by Gasteiger charge is -2.26. The molecule has 136 valence electrons. The Balaban J connectivity index is 1.48. The van der Waals surface area contributed by atoms with Crippen molar-refractivity contribution in [2.24, 2.45) is 0 Å². The van der Waals surface area contributed by atoms with E-state index in [-0.39, 0.29) is 11.5 Å². The van der Waals surface area contributed by atoms with E-state index in [2.05, 4.69) is 4.90 Å². The van der Waals surface area contributed by atoms with Crippen LogP contribution >= 0.6 is 0 Å². The number of allylic oxidation sites excluding steroid dienone is 1. The summed E-state index contributed by atoms with van der Waals surface area (Å²) in [5, 5.41) is 9.43. The summed E-state index contributed by atoms with van der Waals surface area (Å²) in [6.07, 6.45) is 3.26. The lowest BCUT2D eigenvalue weighted by molar-refractivity contribution is 0.0322. The predicted molar refractivity (Wildman–Crippen MR) is 101 cm³/mol. The summed E-state index contributed by atoms with van der Waals surface area (Å²) >= 11 is 0. The van der Waals surface area contributed by atoms with Crippen molar-refractivity contribution in [2.75, 3.05) is 39.5 Å². The maximum atomic E-state index is 12.1. The quantitative estimate of drug-likeness (QED) is 0.612. The fourth-order valence-electron chi connectivity index (χ4n) is 2.72. The first-order valence-corrected chi connectivity index (χ1v) is 8.75. The molecule has 0 unspecified atom stereocenters. The predicted octanol–water partition coefficient (Wildman–Crippen LogP) is 3.00. The Morgan fingerprint density at radius 3 is 2.65 bits per heavy atom. The summed E-state index contributed by atoms with van der Waals surface area (Å²) in [6, 6.07) is 14.0. The van der Waals surface area contributed by atoms with Crippen molar-refractivity contribution in [3.8, 4) is 11.5 Å². The van der Waals surface area contributed by atoms with Gasteiger partial charge in [0.25, 0.3) is 0 Å². The first-order valence-electron chi connectivity index (χ1n) is 8.75. The van der Waals surface area contributed by atoms with Gasteiger partial charge in [-0.2, -0.15) is 0 Å². The van der Waals surface area contributed by atoms with Crippen molar-refractivity contribution >= 4 is 11.9 Å². The molecule has 0 saturated carbocycles. The number of hydrogen-bond acceptors (Lipinski definition) is 5. The molecule has 5 heteroatoms. The third-order valence-corrected chi connectivity index (χ3v) is 4.22. The number of morpholine rings is 1. The van der Waals surface area contributed by atoms with Gasteiger partial charge in [-0.25, -0.2) is 0 Å². The van der Waals surface area contributed by atoms with E-state index in [0.29, 0.717) is 12.2 Å². The average molecular weight is 353 g/mol. The second kappa shape index (κ2) is 9.17. The SMILES string of the molecule is O=C(/C=C/c1ccc(OCCN2CCOCC2)cc1)c1cccc(O)c1. The van der Waals surface area contributed by atoms with Gasteiger partial charge in [0.2, 0.25) is 0 Å². The van der Waals surface area contributed by atoms with Crippen molar-refractivity contribution < 1.29 is 19.4 Å². The molecule has 0 aromatic heterocycles. The molecule has 26 heavy (non-hydrogen) atoms. The standard InChI is InChI=1S/C21H23NO4/c23-19-3-1-2-18(16-19)21(24)9-6-17-4-7-20(8-5-17)26-15-12-22-10-13-25-14-11-22/h1-9,16,23H,10-15H2/b9-6+. The number of carbonyl (C=O) groups is 1. The Kier molecular flexibility index (Phi) is 6.41. The first kappa shape index (κ1) is 18.2. The van der Waals surface area contributed by atoms with Gasteiger partial charge >= 0.3 is 0 Å². The number of phenols is 1. The van der Waals surface area contributed by atoms with Gasteiger partial charge < -0.3 is 14.6 Å². The highest BCUT2D eigenvalue weighted by molar-refractivity contribution is 6.07. The molecule has 1 aliphatic heterocycles. The monoisotopic (exact) mass is 353 g/mol. The molecule has 0 amide bonds. The van der Waals surface area contributed by atoms with E-state index in [4.69, 9.17) is 9.47 Å². The van der Waals surface area contributed by atoms with Gasteiger partial charge in [-0.3, -0.25) is 9.69 Å². The third-order valence-electron chi connectivity index (χ3n) is 4.22. The van der Waals surface area contributed by atoms with Crippen LogP contribution in [-0.2, 0) is 4.74 Å². The highest BCUT2D eigenvalue weighted by atomic mass is 16.5. The highest BCUT2D eigenvalue weighted by Crippen LogP contribution is 2.15. The molecule has 0 bridgehead atoms. The van der Waals surface area contributed by atoms with E-state index in [1.807, 2.05) is 24.3 Å². The maximum absolute atomic E-state index is 12.1. The normalized spacial score (nSPS) is 15.2. The van der Waals surface area contributed by atoms with Crippen LogP contribution in [0.25, 0.3) is 6.08 Å². The number of nitrogens with zero attached hydrogens (tertiary/aromatic N) is 1. The fourth-order valence-corrected chi connectivity index (χ4v) is 2.72. The topological polar surface area (TPSA) is 59.0 Å². The summed E-state index contributed by atoms with van der Waals surface area (Å²) in [5.74, 6) is 0.754. The number of ether oxygens (including phenoxy) is 2. The molecular weight excluding hydrogens is 330 g/mol. The van der Waals surface area contributed by atoms with Gasteiger partial charge in [-0.15, -0.1) is 0 Å². The molecule has 2 aromatic rings. The van der Waals surface area contributed by atoms with Crippen LogP contribution in [0.1, 0.15) is 15.9 Å². The molecule has 5 nitrogen and oxygen atoms in total. The molecule has 0 atom stereocenters. The number of ketones is 1. The zero-order valence-electron chi connectivity index (χ0n) is 14.6. The van der Waals surface area contributed by atoms with Crippen LogP contribution in [0.5, 0.6) is 11.5 Å². The van der Waals surface area contributed by atoms with Crippen LogP contribution in [0.4, 0.5) is 0 Å². The van der Waals surface area contributed by atoms with Crippen molar-refractivity contribution in [3.63, 3.8) is 0 Å². The number of phenolic OH excluding ortho intramolecular Hbond substituents is 1. The van der Waals surface area contributed by atoms with Crippen LogP contribution in [0, 0.1) is 0 Å². The number of hydrogen-bond donors (Lipinski definition) is 1. The number of benzene rings is 2. The third kappa shape index (κ3) is 5.44. The van der Waals surface area contributed by atoms with E-state index in [0.717, 1.165) is 44.2 Å². The molecule has 1 saturated heterocycles. The fraction of sp³-hybridized carbons (Fsp3) is 0.286. The molecule has 1 fully saturated rings. The van der Waals surface area contributed by atoms with Crippen LogP contribution in [0.3, 0.4) is 0 Å². The Bertz CT molecular complexity index is 749. The lowest BCUT2D eigenvalue weighted by Crippen LogP contribution is -2.38. The minimum atomic E-state index is -0.147. The molecule has 1 aliphatic rings. The van der Waals surface area contributed by atoms with Gasteiger partial charge in [-0.05, 0) is 35.9 Å². The molecule has 0 spiro atoms. The van der Waals surface area contributed by atoms with E-state index < -0.39 is 0 Å². The lowest BCUT2D eigenvalue weighted by atomic mass is 10.1. The zero-order valence-corrected chi connectivity index (χ0v) is 14.6. The Morgan fingerprint density at radius 2 is 1.92 bits per heavy atom. The number of aromatic hydroxyl groups is 1. The smallest absolute Gasteiger partial charge is 0.185 e. The van der Waals surface area contributed by atoms with Gasteiger partial charge in [-0.1, -0.05) is 30.3 Å². The van der Waals surface area contributed by atoms with Gasteiger partial charge in [0.1, 0.15) is 18.1 Å². The molecule has 2 aromatic carbocycles. The summed E-state index contributed by atoms with van der Waals surface area (Å²) < 4.78 is 11.1. The summed E-state index contributed by atoms with van der Waals surface area (Å²) in [4.78, 5) is 14.4. The van der Waals surface area contributed by atoms with Crippen LogP contribution in [0.15, 0.2) is 54.6 Å². The molecule has 3 rings (SSSR count). The number of rotatable bonds is 7.